The number of methoxy groups -OCH3 is 1. The molecule has 0 saturated carbocycles. The van der Waals surface area contributed by atoms with Gasteiger partial charge in [0.15, 0.2) is 0 Å². The third kappa shape index (κ3) is 4.04. The summed E-state index contributed by atoms with van der Waals surface area (Å²) in [5, 5.41) is 13.1. The fraction of sp³-hybridized carbons (Fsp3) is 0.476. The fourth-order valence-corrected chi connectivity index (χ4v) is 4.07. The van der Waals surface area contributed by atoms with Crippen LogP contribution in [0.3, 0.4) is 0 Å². The van der Waals surface area contributed by atoms with Crippen LogP contribution < -0.4 is 4.74 Å². The molecule has 3 aromatic rings. The number of hydrogen-bond acceptors (Lipinski definition) is 6. The zero-order valence-electron chi connectivity index (χ0n) is 17.5. The minimum Gasteiger partial charge on any atom is -0.497 e. The first-order chi connectivity index (χ1) is 14.1. The van der Waals surface area contributed by atoms with E-state index < -0.39 is 0 Å². The van der Waals surface area contributed by atoms with Gasteiger partial charge >= 0.3 is 0 Å². The summed E-state index contributed by atoms with van der Waals surface area (Å²) in [6, 6.07) is 8.17. The largest absolute Gasteiger partial charge is 0.497 e. The van der Waals surface area contributed by atoms with Crippen molar-refractivity contribution in [2.75, 3.05) is 33.4 Å². The summed E-state index contributed by atoms with van der Waals surface area (Å²) >= 11 is 0. The van der Waals surface area contributed by atoms with Gasteiger partial charge in [0.05, 0.1) is 43.4 Å². The van der Waals surface area contributed by atoms with Gasteiger partial charge in [0.1, 0.15) is 5.75 Å². The second-order valence-electron chi connectivity index (χ2n) is 7.46. The minimum absolute atomic E-state index is 0.180. The van der Waals surface area contributed by atoms with Crippen LogP contribution >= 0.6 is 0 Å². The van der Waals surface area contributed by atoms with Crippen molar-refractivity contribution in [2.45, 2.75) is 26.3 Å². The third-order valence-corrected chi connectivity index (χ3v) is 5.52. The summed E-state index contributed by atoms with van der Waals surface area (Å²) in [6.07, 6.45) is 2.85. The number of hydrogen-bond donors (Lipinski definition) is 0. The molecule has 1 aromatic carbocycles. The normalized spacial score (nSPS) is 17.6. The quantitative estimate of drug-likeness (QED) is 0.636. The highest BCUT2D eigenvalue weighted by molar-refractivity contribution is 5.42. The number of nitrogens with zero attached hydrogens (tertiary/aromatic N) is 6. The highest BCUT2D eigenvalue weighted by Crippen LogP contribution is 2.31. The molecule has 1 aliphatic heterocycles. The predicted molar refractivity (Wildman–Crippen MR) is 109 cm³/mol. The summed E-state index contributed by atoms with van der Waals surface area (Å²) in [6.45, 7) is 7.44. The van der Waals surface area contributed by atoms with E-state index in [1.165, 1.54) is 5.56 Å². The molecular weight excluding hydrogens is 368 g/mol. The van der Waals surface area contributed by atoms with Crippen molar-refractivity contribution in [1.82, 2.24) is 29.7 Å². The summed E-state index contributed by atoms with van der Waals surface area (Å²) in [5.74, 6) is 0.822. The first kappa shape index (κ1) is 19.6. The Morgan fingerprint density at radius 1 is 1.28 bits per heavy atom. The molecule has 1 atom stereocenters. The summed E-state index contributed by atoms with van der Waals surface area (Å²) < 4.78 is 15.0. The van der Waals surface area contributed by atoms with Crippen molar-refractivity contribution in [2.24, 2.45) is 7.05 Å². The highest BCUT2D eigenvalue weighted by atomic mass is 16.5. The van der Waals surface area contributed by atoms with Gasteiger partial charge in [0.25, 0.3) is 0 Å². The highest BCUT2D eigenvalue weighted by Gasteiger charge is 2.30. The van der Waals surface area contributed by atoms with Crippen LogP contribution in [0, 0.1) is 13.8 Å². The molecule has 1 saturated heterocycles. The second kappa shape index (κ2) is 8.34. The molecule has 154 valence electrons. The average Bonchev–Trinajstić information content (AvgIpc) is 3.29. The Hall–Kier alpha value is -2.71. The van der Waals surface area contributed by atoms with Crippen molar-refractivity contribution in [3.63, 3.8) is 0 Å². The Labute approximate surface area is 171 Å². The molecule has 1 aliphatic rings. The third-order valence-electron chi connectivity index (χ3n) is 5.52. The van der Waals surface area contributed by atoms with E-state index in [0.29, 0.717) is 6.61 Å². The molecule has 0 bridgehead atoms. The van der Waals surface area contributed by atoms with Gasteiger partial charge in [-0.05, 0) is 26.0 Å². The van der Waals surface area contributed by atoms with E-state index in [4.69, 9.17) is 14.6 Å². The SMILES string of the molecule is COc1cccc(-n2nc(C)c(C3COCCN3CCc3cn(C)nn3)c2C)c1. The summed E-state index contributed by atoms with van der Waals surface area (Å²) in [7, 11) is 3.58. The topological polar surface area (TPSA) is 70.2 Å². The van der Waals surface area contributed by atoms with Gasteiger partial charge in [-0.15, -0.1) is 5.10 Å². The van der Waals surface area contributed by atoms with Crippen LogP contribution in [0.2, 0.25) is 0 Å². The predicted octanol–water partition coefficient (Wildman–Crippen LogP) is 2.24. The van der Waals surface area contributed by atoms with Crippen LogP contribution in [-0.2, 0) is 18.2 Å². The van der Waals surface area contributed by atoms with Crippen molar-refractivity contribution in [3.8, 4) is 11.4 Å². The molecule has 1 unspecified atom stereocenters. The maximum absolute atomic E-state index is 5.85. The van der Waals surface area contributed by atoms with Crippen molar-refractivity contribution in [3.05, 3.63) is 53.1 Å². The lowest BCUT2D eigenvalue weighted by Gasteiger charge is -2.35. The molecule has 8 heteroatoms. The molecule has 0 spiro atoms. The van der Waals surface area contributed by atoms with Crippen LogP contribution in [0.5, 0.6) is 5.75 Å². The molecule has 0 aliphatic carbocycles. The number of aromatic nitrogens is 5. The number of morpholine rings is 1. The van der Waals surface area contributed by atoms with E-state index in [1.54, 1.807) is 11.8 Å². The summed E-state index contributed by atoms with van der Waals surface area (Å²) in [4.78, 5) is 2.48. The molecule has 3 heterocycles. The molecular formula is C21H28N6O2. The van der Waals surface area contributed by atoms with Gasteiger partial charge in [-0.2, -0.15) is 5.10 Å². The van der Waals surface area contributed by atoms with E-state index in [9.17, 15) is 0 Å². The number of rotatable bonds is 6. The van der Waals surface area contributed by atoms with E-state index in [-0.39, 0.29) is 6.04 Å². The monoisotopic (exact) mass is 396 g/mol. The number of aryl methyl sites for hydroxylation is 2. The number of benzene rings is 1. The van der Waals surface area contributed by atoms with E-state index in [0.717, 1.165) is 54.6 Å². The van der Waals surface area contributed by atoms with Crippen LogP contribution in [0.25, 0.3) is 5.69 Å². The van der Waals surface area contributed by atoms with E-state index in [1.807, 2.05) is 36.1 Å². The standard InChI is InChI=1S/C21H28N6O2/c1-15-21(16(2)27(23-15)18-6-5-7-19(12-18)28-4)20-14-29-11-10-26(20)9-8-17-13-25(3)24-22-17/h5-7,12-13,20H,8-11,14H2,1-4H3. The van der Waals surface area contributed by atoms with Gasteiger partial charge in [0.2, 0.25) is 0 Å². The Morgan fingerprint density at radius 2 is 2.14 bits per heavy atom. The lowest BCUT2D eigenvalue weighted by Crippen LogP contribution is -2.41. The van der Waals surface area contributed by atoms with Gasteiger partial charge in [0, 0.05) is 50.1 Å². The Balaban J connectivity index is 1.60. The minimum atomic E-state index is 0.180. The van der Waals surface area contributed by atoms with Crippen molar-refractivity contribution in [1.29, 1.82) is 0 Å². The lowest BCUT2D eigenvalue weighted by molar-refractivity contribution is -0.00840. The van der Waals surface area contributed by atoms with Gasteiger partial charge in [-0.1, -0.05) is 11.3 Å². The Morgan fingerprint density at radius 3 is 2.90 bits per heavy atom. The maximum atomic E-state index is 5.85. The van der Waals surface area contributed by atoms with E-state index in [2.05, 4.69) is 35.1 Å². The fourth-order valence-electron chi connectivity index (χ4n) is 4.07. The first-order valence-corrected chi connectivity index (χ1v) is 9.94. The average molecular weight is 396 g/mol. The maximum Gasteiger partial charge on any atom is 0.121 e. The van der Waals surface area contributed by atoms with Gasteiger partial charge in [-0.3, -0.25) is 9.58 Å². The first-order valence-electron chi connectivity index (χ1n) is 9.94. The molecule has 8 nitrogen and oxygen atoms in total. The van der Waals surface area contributed by atoms with E-state index >= 15 is 0 Å². The lowest BCUT2D eigenvalue weighted by atomic mass is 10.0. The smallest absolute Gasteiger partial charge is 0.121 e. The van der Waals surface area contributed by atoms with Crippen LogP contribution in [0.15, 0.2) is 30.5 Å². The molecule has 29 heavy (non-hydrogen) atoms. The summed E-state index contributed by atoms with van der Waals surface area (Å²) in [5.41, 5.74) is 5.42. The van der Waals surface area contributed by atoms with Gasteiger partial charge in [-0.25, -0.2) is 4.68 Å². The zero-order chi connectivity index (χ0) is 20.4. The van der Waals surface area contributed by atoms with Crippen LogP contribution in [0.1, 0.15) is 28.7 Å². The molecule has 0 N–H and O–H groups in total. The van der Waals surface area contributed by atoms with Crippen LogP contribution in [0.4, 0.5) is 0 Å². The van der Waals surface area contributed by atoms with Gasteiger partial charge < -0.3 is 9.47 Å². The molecule has 1 fully saturated rings. The molecule has 2 aromatic heterocycles. The van der Waals surface area contributed by atoms with Crippen LogP contribution in [-0.4, -0.2) is 63.1 Å². The second-order valence-corrected chi connectivity index (χ2v) is 7.46. The van der Waals surface area contributed by atoms with Crippen molar-refractivity contribution >= 4 is 0 Å². The molecule has 4 rings (SSSR count). The Kier molecular flexibility index (Phi) is 5.64. The molecule has 0 radical (unpaired) electrons. The number of ether oxygens (including phenoxy) is 2. The Bertz CT molecular complexity index is 979. The zero-order valence-corrected chi connectivity index (χ0v) is 17.5. The molecule has 0 amide bonds. The van der Waals surface area contributed by atoms with Crippen molar-refractivity contribution < 1.29 is 9.47 Å².